The first kappa shape index (κ1) is 17.6. The maximum Gasteiger partial charge on any atom is 0.315 e. The molecule has 3 atom stereocenters. The molecule has 1 aromatic rings. The predicted molar refractivity (Wildman–Crippen MR) is 96.8 cm³/mol. The molecular formula is C19H27N3O3. The summed E-state index contributed by atoms with van der Waals surface area (Å²) in [4.78, 5) is 26.3. The Morgan fingerprint density at radius 2 is 1.88 bits per heavy atom. The number of carbonyl (C=O) groups is 2. The summed E-state index contributed by atoms with van der Waals surface area (Å²) in [5.74, 6) is 1.30. The van der Waals surface area contributed by atoms with Crippen molar-refractivity contribution >= 4 is 17.6 Å². The van der Waals surface area contributed by atoms with Crippen LogP contribution >= 0.6 is 0 Å². The monoisotopic (exact) mass is 345 g/mol. The minimum absolute atomic E-state index is 0.0292. The fourth-order valence-corrected chi connectivity index (χ4v) is 3.74. The van der Waals surface area contributed by atoms with Crippen LogP contribution in [-0.2, 0) is 4.79 Å². The number of ether oxygens (including phenoxy) is 1. The molecule has 1 aliphatic carbocycles. The zero-order chi connectivity index (χ0) is 17.8. The lowest BCUT2D eigenvalue weighted by Gasteiger charge is -2.30. The van der Waals surface area contributed by atoms with E-state index >= 15 is 0 Å². The zero-order valence-corrected chi connectivity index (χ0v) is 15.0. The summed E-state index contributed by atoms with van der Waals surface area (Å²) in [6, 6.07) is 7.32. The number of hydrogen-bond acceptors (Lipinski definition) is 3. The van der Waals surface area contributed by atoms with Crippen molar-refractivity contribution in [2.45, 2.75) is 51.1 Å². The number of hydrogen-bond donors (Lipinski definition) is 2. The summed E-state index contributed by atoms with van der Waals surface area (Å²) in [6.07, 6.45) is 4.95. The van der Waals surface area contributed by atoms with Crippen LogP contribution in [0.4, 0.5) is 10.5 Å². The van der Waals surface area contributed by atoms with Gasteiger partial charge in [-0.05, 0) is 43.0 Å². The number of anilines is 1. The maximum atomic E-state index is 12.3. The van der Waals surface area contributed by atoms with Crippen molar-refractivity contribution in [3.8, 4) is 5.75 Å². The quantitative estimate of drug-likeness (QED) is 0.881. The average molecular weight is 345 g/mol. The molecular weight excluding hydrogens is 318 g/mol. The van der Waals surface area contributed by atoms with Crippen LogP contribution in [-0.4, -0.2) is 37.7 Å². The van der Waals surface area contributed by atoms with Crippen LogP contribution in [0.2, 0.25) is 0 Å². The molecule has 1 saturated heterocycles. The summed E-state index contributed by atoms with van der Waals surface area (Å²) in [7, 11) is 1.61. The van der Waals surface area contributed by atoms with Crippen molar-refractivity contribution in [2.75, 3.05) is 18.6 Å². The number of carbonyl (C=O) groups excluding carboxylic acids is 2. The Morgan fingerprint density at radius 1 is 1.16 bits per heavy atom. The Morgan fingerprint density at radius 3 is 2.56 bits per heavy atom. The number of methoxy groups -OCH3 is 1. The van der Waals surface area contributed by atoms with Crippen molar-refractivity contribution < 1.29 is 14.3 Å². The van der Waals surface area contributed by atoms with Gasteiger partial charge >= 0.3 is 6.03 Å². The molecule has 2 fully saturated rings. The Balaban J connectivity index is 1.54. The van der Waals surface area contributed by atoms with Gasteiger partial charge in [0.05, 0.1) is 13.2 Å². The summed E-state index contributed by atoms with van der Waals surface area (Å²) < 4.78 is 5.14. The molecule has 136 valence electrons. The second-order valence-corrected chi connectivity index (χ2v) is 7.09. The SMILES string of the molecule is COc1ccc(N2C[C@H](NC(=O)N[C@@H]3CCCC[C@@H]3C)CC2=O)cc1. The molecule has 1 saturated carbocycles. The first-order valence-electron chi connectivity index (χ1n) is 9.08. The van der Waals surface area contributed by atoms with Gasteiger partial charge in [-0.15, -0.1) is 0 Å². The Bertz CT molecular complexity index is 617. The number of benzene rings is 1. The van der Waals surface area contributed by atoms with Crippen LogP contribution in [0.3, 0.4) is 0 Å². The van der Waals surface area contributed by atoms with E-state index in [1.165, 1.54) is 12.8 Å². The number of nitrogens with zero attached hydrogens (tertiary/aromatic N) is 1. The van der Waals surface area contributed by atoms with E-state index in [1.54, 1.807) is 12.0 Å². The highest BCUT2D eigenvalue weighted by atomic mass is 16.5. The van der Waals surface area contributed by atoms with Crippen molar-refractivity contribution in [1.82, 2.24) is 10.6 Å². The highest BCUT2D eigenvalue weighted by Gasteiger charge is 2.32. The van der Waals surface area contributed by atoms with Crippen LogP contribution < -0.4 is 20.3 Å². The van der Waals surface area contributed by atoms with Gasteiger partial charge in [-0.3, -0.25) is 4.79 Å². The Kier molecular flexibility index (Phi) is 5.46. The molecule has 0 radical (unpaired) electrons. The molecule has 1 heterocycles. The molecule has 2 aliphatic rings. The standard InChI is InChI=1S/C19H27N3O3/c1-13-5-3-4-6-17(13)21-19(24)20-14-11-18(23)22(12-14)15-7-9-16(25-2)10-8-15/h7-10,13-14,17H,3-6,11-12H2,1-2H3,(H2,20,21,24)/t13-,14+,17+/m0/s1. The van der Waals surface area contributed by atoms with E-state index in [0.29, 0.717) is 18.9 Å². The first-order chi connectivity index (χ1) is 12.1. The van der Waals surface area contributed by atoms with Crippen LogP contribution in [0, 0.1) is 5.92 Å². The molecule has 6 heteroatoms. The second-order valence-electron chi connectivity index (χ2n) is 7.09. The van der Waals surface area contributed by atoms with Crippen molar-refractivity contribution in [2.24, 2.45) is 5.92 Å². The van der Waals surface area contributed by atoms with Gasteiger partial charge in [-0.1, -0.05) is 19.8 Å². The number of amides is 3. The summed E-state index contributed by atoms with van der Waals surface area (Å²) in [5, 5.41) is 6.05. The molecule has 3 rings (SSSR count). The topological polar surface area (TPSA) is 70.7 Å². The molecule has 0 spiro atoms. The van der Waals surface area contributed by atoms with Gasteiger partial charge in [0.1, 0.15) is 5.75 Å². The highest BCUT2D eigenvalue weighted by molar-refractivity contribution is 5.96. The van der Waals surface area contributed by atoms with E-state index in [9.17, 15) is 9.59 Å². The normalized spacial score (nSPS) is 26.4. The van der Waals surface area contributed by atoms with Crippen molar-refractivity contribution in [3.05, 3.63) is 24.3 Å². The van der Waals surface area contributed by atoms with Gasteiger partial charge in [0.15, 0.2) is 0 Å². The van der Waals surface area contributed by atoms with Gasteiger partial charge in [0, 0.05) is 24.7 Å². The molecule has 1 aliphatic heterocycles. The number of nitrogens with one attached hydrogen (secondary N) is 2. The fourth-order valence-electron chi connectivity index (χ4n) is 3.74. The molecule has 0 unspecified atom stereocenters. The lowest BCUT2D eigenvalue weighted by atomic mass is 9.86. The third kappa shape index (κ3) is 4.24. The minimum atomic E-state index is -0.159. The Hall–Kier alpha value is -2.24. The molecule has 25 heavy (non-hydrogen) atoms. The smallest absolute Gasteiger partial charge is 0.315 e. The average Bonchev–Trinajstić information content (AvgIpc) is 2.97. The molecule has 6 nitrogen and oxygen atoms in total. The van der Waals surface area contributed by atoms with E-state index in [1.807, 2.05) is 24.3 Å². The number of urea groups is 1. The van der Waals surface area contributed by atoms with E-state index in [0.717, 1.165) is 24.3 Å². The van der Waals surface area contributed by atoms with Crippen molar-refractivity contribution in [3.63, 3.8) is 0 Å². The van der Waals surface area contributed by atoms with Gasteiger partial charge in [0.2, 0.25) is 5.91 Å². The summed E-state index contributed by atoms with van der Waals surface area (Å²) in [6.45, 7) is 2.69. The van der Waals surface area contributed by atoms with E-state index in [4.69, 9.17) is 4.74 Å². The van der Waals surface area contributed by atoms with Crippen LogP contribution in [0.25, 0.3) is 0 Å². The second kappa shape index (κ2) is 7.76. The van der Waals surface area contributed by atoms with Gasteiger partial charge in [0.25, 0.3) is 0 Å². The minimum Gasteiger partial charge on any atom is -0.497 e. The molecule has 1 aromatic carbocycles. The van der Waals surface area contributed by atoms with Gasteiger partial charge < -0.3 is 20.3 Å². The third-order valence-electron chi connectivity index (χ3n) is 5.27. The molecule has 0 bridgehead atoms. The summed E-state index contributed by atoms with van der Waals surface area (Å²) >= 11 is 0. The van der Waals surface area contributed by atoms with E-state index in [-0.39, 0.29) is 24.0 Å². The highest BCUT2D eigenvalue weighted by Crippen LogP contribution is 2.25. The van der Waals surface area contributed by atoms with Crippen LogP contribution in [0.15, 0.2) is 24.3 Å². The fraction of sp³-hybridized carbons (Fsp3) is 0.579. The maximum absolute atomic E-state index is 12.3. The third-order valence-corrected chi connectivity index (χ3v) is 5.27. The summed E-state index contributed by atoms with van der Waals surface area (Å²) in [5.41, 5.74) is 0.830. The lowest BCUT2D eigenvalue weighted by Crippen LogP contribution is -2.49. The van der Waals surface area contributed by atoms with Crippen LogP contribution in [0.1, 0.15) is 39.0 Å². The molecule has 0 aromatic heterocycles. The first-order valence-corrected chi connectivity index (χ1v) is 9.08. The van der Waals surface area contributed by atoms with E-state index < -0.39 is 0 Å². The predicted octanol–water partition coefficient (Wildman–Crippen LogP) is 2.68. The zero-order valence-electron chi connectivity index (χ0n) is 15.0. The lowest BCUT2D eigenvalue weighted by molar-refractivity contribution is -0.117. The van der Waals surface area contributed by atoms with Crippen LogP contribution in [0.5, 0.6) is 5.75 Å². The molecule has 3 amide bonds. The molecule has 2 N–H and O–H groups in total. The van der Waals surface area contributed by atoms with Gasteiger partial charge in [-0.2, -0.15) is 0 Å². The van der Waals surface area contributed by atoms with E-state index in [2.05, 4.69) is 17.6 Å². The largest absolute Gasteiger partial charge is 0.497 e. The number of rotatable bonds is 4. The Labute approximate surface area is 148 Å². The van der Waals surface area contributed by atoms with Crippen molar-refractivity contribution in [1.29, 1.82) is 0 Å². The van der Waals surface area contributed by atoms with Gasteiger partial charge in [-0.25, -0.2) is 4.79 Å².